The van der Waals surface area contributed by atoms with Crippen molar-refractivity contribution in [3.05, 3.63) is 82.6 Å². The van der Waals surface area contributed by atoms with Crippen LogP contribution in [-0.4, -0.2) is 40.1 Å². The number of hydrogen-bond acceptors (Lipinski definition) is 5. The lowest BCUT2D eigenvalue weighted by atomic mass is 10.2. The number of benzene rings is 1. The molecule has 4 heterocycles. The molecule has 1 aromatic carbocycles. The summed E-state index contributed by atoms with van der Waals surface area (Å²) in [6, 6.07) is 11.4. The van der Waals surface area contributed by atoms with E-state index in [1.807, 2.05) is 23.9 Å². The molecule has 0 unspecified atom stereocenters. The Labute approximate surface area is 196 Å². The van der Waals surface area contributed by atoms with Gasteiger partial charge in [-0.1, -0.05) is 12.1 Å². The van der Waals surface area contributed by atoms with Crippen molar-refractivity contribution < 1.29 is 9.18 Å². The molecular weight excluding hydrogens is 491 g/mol. The zero-order valence-electron chi connectivity index (χ0n) is 17.5. The number of aromatic nitrogens is 7. The molecule has 166 valence electrons. The van der Waals surface area contributed by atoms with E-state index in [0.29, 0.717) is 29.4 Å². The molecule has 11 heteroatoms. The predicted octanol–water partition coefficient (Wildman–Crippen LogP) is 4.01. The van der Waals surface area contributed by atoms with Crippen molar-refractivity contribution in [1.29, 1.82) is 0 Å². The molecule has 0 spiro atoms. The average molecular weight is 509 g/mol. The van der Waals surface area contributed by atoms with Gasteiger partial charge in [-0.05, 0) is 46.6 Å². The molecule has 0 fully saturated rings. The third-order valence-electron chi connectivity index (χ3n) is 4.99. The van der Waals surface area contributed by atoms with Crippen LogP contribution in [0.1, 0.15) is 23.0 Å². The number of anilines is 1. The number of carbonyl (C=O) groups excluding carboxylic acids is 1. The number of amides is 1. The van der Waals surface area contributed by atoms with Crippen LogP contribution in [0.4, 0.5) is 10.2 Å². The second-order valence-electron chi connectivity index (χ2n) is 7.29. The number of aryl methyl sites for hydroxylation is 1. The number of rotatable bonds is 6. The van der Waals surface area contributed by atoms with E-state index in [-0.39, 0.29) is 11.5 Å². The molecule has 0 bridgehead atoms. The summed E-state index contributed by atoms with van der Waals surface area (Å²) in [6.45, 7) is 3.11. The molecule has 1 amide bonds. The summed E-state index contributed by atoms with van der Waals surface area (Å²) in [7, 11) is 0. The molecule has 0 radical (unpaired) electrons. The summed E-state index contributed by atoms with van der Waals surface area (Å²) in [4.78, 5) is 17.1. The molecular formula is C22H18BrFN8O. The number of halogens is 2. The Hall–Kier alpha value is -3.86. The monoisotopic (exact) mass is 508 g/mol. The highest BCUT2D eigenvalue weighted by Gasteiger charge is 2.18. The highest BCUT2D eigenvalue weighted by atomic mass is 79.9. The molecule has 0 aliphatic heterocycles. The van der Waals surface area contributed by atoms with Crippen LogP contribution in [0.2, 0.25) is 0 Å². The van der Waals surface area contributed by atoms with Crippen molar-refractivity contribution in [2.75, 3.05) is 5.32 Å². The predicted molar refractivity (Wildman–Crippen MR) is 123 cm³/mol. The highest BCUT2D eigenvalue weighted by molar-refractivity contribution is 9.10. The first-order valence-electron chi connectivity index (χ1n) is 10.2. The van der Waals surface area contributed by atoms with Crippen LogP contribution in [-0.2, 0) is 13.1 Å². The maximum absolute atomic E-state index is 13.4. The minimum absolute atomic E-state index is 0.195. The van der Waals surface area contributed by atoms with Gasteiger partial charge >= 0.3 is 0 Å². The van der Waals surface area contributed by atoms with Crippen molar-refractivity contribution >= 4 is 33.3 Å². The molecule has 0 atom stereocenters. The van der Waals surface area contributed by atoms with E-state index < -0.39 is 5.91 Å². The highest BCUT2D eigenvalue weighted by Crippen LogP contribution is 2.27. The quantitative estimate of drug-likeness (QED) is 0.373. The first kappa shape index (κ1) is 21.0. The van der Waals surface area contributed by atoms with Crippen LogP contribution in [0, 0.1) is 5.82 Å². The molecule has 33 heavy (non-hydrogen) atoms. The van der Waals surface area contributed by atoms with Gasteiger partial charge in [0.2, 0.25) is 0 Å². The van der Waals surface area contributed by atoms with E-state index in [1.54, 1.807) is 45.9 Å². The van der Waals surface area contributed by atoms with Gasteiger partial charge in [0.05, 0.1) is 16.7 Å². The van der Waals surface area contributed by atoms with Crippen LogP contribution in [0.5, 0.6) is 0 Å². The third-order valence-corrected chi connectivity index (χ3v) is 5.57. The number of fused-ring (bicyclic) bond motifs is 1. The lowest BCUT2D eigenvalue weighted by Crippen LogP contribution is -2.13. The molecule has 1 N–H and O–H groups in total. The largest absolute Gasteiger partial charge is 0.304 e. The fraction of sp³-hybridized carbons (Fsp3) is 0.136. The number of hydrogen-bond donors (Lipinski definition) is 1. The van der Waals surface area contributed by atoms with Gasteiger partial charge in [0, 0.05) is 37.3 Å². The van der Waals surface area contributed by atoms with Gasteiger partial charge in [-0.2, -0.15) is 15.3 Å². The Morgan fingerprint density at radius 2 is 2.00 bits per heavy atom. The summed E-state index contributed by atoms with van der Waals surface area (Å²) in [6.07, 6.45) is 5.25. The second kappa shape index (κ2) is 8.58. The SMILES string of the molecule is CCn1cc(Br)c(-c2ccnc3cc(C(=O)Nc4ccn(Cc5cccc(F)c5)n4)nn23)n1. The van der Waals surface area contributed by atoms with Crippen molar-refractivity contribution in [2.24, 2.45) is 0 Å². The number of nitrogens with one attached hydrogen (secondary N) is 1. The van der Waals surface area contributed by atoms with E-state index >= 15 is 0 Å². The Morgan fingerprint density at radius 1 is 1.12 bits per heavy atom. The average Bonchev–Trinajstić information content (AvgIpc) is 3.51. The zero-order chi connectivity index (χ0) is 22.9. The van der Waals surface area contributed by atoms with Crippen molar-refractivity contribution in [1.82, 2.24) is 34.2 Å². The zero-order valence-corrected chi connectivity index (χ0v) is 19.1. The lowest BCUT2D eigenvalue weighted by Gasteiger charge is -2.02. The molecule has 5 aromatic rings. The minimum Gasteiger partial charge on any atom is -0.304 e. The summed E-state index contributed by atoms with van der Waals surface area (Å²) in [5, 5.41) is 16.1. The third kappa shape index (κ3) is 4.27. The van der Waals surface area contributed by atoms with Gasteiger partial charge in [-0.3, -0.25) is 14.2 Å². The van der Waals surface area contributed by atoms with Gasteiger partial charge in [-0.15, -0.1) is 0 Å². The standard InChI is InChI=1S/C22H18BrFN8O/c1-2-30-13-16(23)21(29-30)18-6-8-25-20-11-17(27-32(18)20)22(33)26-19-7-9-31(28-19)12-14-4-3-5-15(24)10-14/h3-11,13H,2,12H2,1H3,(H,26,28,33). The van der Waals surface area contributed by atoms with E-state index in [0.717, 1.165) is 16.6 Å². The Kier molecular flexibility index (Phi) is 5.47. The summed E-state index contributed by atoms with van der Waals surface area (Å²) in [5.41, 5.74) is 2.90. The number of carbonyl (C=O) groups is 1. The second-order valence-corrected chi connectivity index (χ2v) is 8.15. The van der Waals surface area contributed by atoms with Crippen LogP contribution in [0.15, 0.2) is 65.5 Å². The van der Waals surface area contributed by atoms with Crippen molar-refractivity contribution in [2.45, 2.75) is 20.0 Å². The summed E-state index contributed by atoms with van der Waals surface area (Å²) in [5.74, 6) is -0.354. The van der Waals surface area contributed by atoms with Crippen LogP contribution < -0.4 is 5.32 Å². The van der Waals surface area contributed by atoms with E-state index in [2.05, 4.69) is 41.5 Å². The Balaban J connectivity index is 1.37. The fourth-order valence-electron chi connectivity index (χ4n) is 3.44. The lowest BCUT2D eigenvalue weighted by molar-refractivity contribution is 0.102. The van der Waals surface area contributed by atoms with Crippen LogP contribution >= 0.6 is 15.9 Å². The smallest absolute Gasteiger partial charge is 0.277 e. The van der Waals surface area contributed by atoms with E-state index in [1.165, 1.54) is 12.1 Å². The first-order chi connectivity index (χ1) is 16.0. The first-order valence-corrected chi connectivity index (χ1v) is 11.0. The maximum Gasteiger partial charge on any atom is 0.277 e. The van der Waals surface area contributed by atoms with Gasteiger partial charge < -0.3 is 5.32 Å². The fourth-order valence-corrected chi connectivity index (χ4v) is 3.96. The summed E-state index contributed by atoms with van der Waals surface area (Å²) >= 11 is 3.53. The van der Waals surface area contributed by atoms with Gasteiger partial charge in [0.15, 0.2) is 17.2 Å². The van der Waals surface area contributed by atoms with E-state index in [9.17, 15) is 9.18 Å². The normalized spacial score (nSPS) is 11.2. The van der Waals surface area contributed by atoms with Crippen molar-refractivity contribution in [3.63, 3.8) is 0 Å². The van der Waals surface area contributed by atoms with Gasteiger partial charge in [0.1, 0.15) is 11.5 Å². The number of nitrogens with zero attached hydrogens (tertiary/aromatic N) is 7. The molecule has 9 nitrogen and oxygen atoms in total. The van der Waals surface area contributed by atoms with Gasteiger partial charge in [0.25, 0.3) is 5.91 Å². The van der Waals surface area contributed by atoms with Gasteiger partial charge in [-0.25, -0.2) is 13.9 Å². The molecule has 0 saturated carbocycles. The minimum atomic E-state index is -0.416. The maximum atomic E-state index is 13.4. The molecule has 0 aliphatic carbocycles. The molecule has 0 saturated heterocycles. The topological polar surface area (TPSA) is 94.9 Å². The molecule has 4 aromatic heterocycles. The van der Waals surface area contributed by atoms with E-state index in [4.69, 9.17) is 0 Å². The Morgan fingerprint density at radius 3 is 2.79 bits per heavy atom. The van der Waals surface area contributed by atoms with Crippen LogP contribution in [0.25, 0.3) is 17.0 Å². The molecule has 0 aliphatic rings. The van der Waals surface area contributed by atoms with Crippen molar-refractivity contribution in [3.8, 4) is 11.4 Å². The summed E-state index contributed by atoms with van der Waals surface area (Å²) < 4.78 is 19.2. The Bertz CT molecular complexity index is 1470. The van der Waals surface area contributed by atoms with Crippen LogP contribution in [0.3, 0.4) is 0 Å². The molecule has 5 rings (SSSR count).